The van der Waals surface area contributed by atoms with Crippen LogP contribution in [-0.2, 0) is 0 Å². The van der Waals surface area contributed by atoms with E-state index in [0.29, 0.717) is 11.1 Å². The first-order chi connectivity index (χ1) is 14.0. The average molecular weight is 442 g/mol. The molecule has 2 aliphatic rings. The number of allylic oxidation sites excluding steroid dienone is 4. The first-order valence-corrected chi connectivity index (χ1v) is 14.2. The largest absolute Gasteiger partial charge is 0.0885 e. The Hall–Kier alpha value is -1.28. The van der Waals surface area contributed by atoms with Crippen LogP contribution in [0.3, 0.4) is 0 Å². The molecule has 0 fully saturated rings. The Morgan fingerprint density at radius 3 is 1.45 bits per heavy atom. The van der Waals surface area contributed by atoms with Crippen molar-refractivity contribution >= 4 is 42.4 Å². The summed E-state index contributed by atoms with van der Waals surface area (Å²) in [5, 5.41) is 2.15. The summed E-state index contributed by atoms with van der Waals surface area (Å²) in [6.45, 7) is 9.05. The average Bonchev–Trinajstić information content (AvgIpc) is 3.14. The van der Waals surface area contributed by atoms with E-state index in [4.69, 9.17) is 23.2 Å². The fraction of sp³-hybridized carbons (Fsp3) is 0.385. The minimum atomic E-state index is -2.02. The number of fused-ring (bicyclic) bond motifs is 2. The van der Waals surface area contributed by atoms with Gasteiger partial charge >= 0.3 is 0 Å². The van der Waals surface area contributed by atoms with E-state index >= 15 is 0 Å². The van der Waals surface area contributed by atoms with E-state index in [0.717, 1.165) is 10.1 Å². The van der Waals surface area contributed by atoms with Crippen LogP contribution in [-0.4, -0.2) is 8.07 Å². The molecule has 0 amide bonds. The van der Waals surface area contributed by atoms with Gasteiger partial charge in [0.2, 0.25) is 0 Å². The van der Waals surface area contributed by atoms with Crippen LogP contribution in [0.15, 0.2) is 58.6 Å². The predicted molar refractivity (Wildman–Crippen MR) is 131 cm³/mol. The molecule has 3 heteroatoms. The van der Waals surface area contributed by atoms with Gasteiger partial charge in [0.15, 0.2) is 0 Å². The Morgan fingerprint density at radius 2 is 1.07 bits per heavy atom. The van der Waals surface area contributed by atoms with Gasteiger partial charge in [-0.1, -0.05) is 111 Å². The number of hydrogen-bond acceptors (Lipinski definition) is 0. The highest BCUT2D eigenvalue weighted by molar-refractivity contribution is 6.86. The number of hydrogen-bond donors (Lipinski definition) is 0. The number of benzene rings is 2. The van der Waals surface area contributed by atoms with Gasteiger partial charge in [-0.3, -0.25) is 0 Å². The molecule has 0 N–H and O–H groups in total. The molecule has 2 atom stereocenters. The molecule has 2 aliphatic carbocycles. The summed E-state index contributed by atoms with van der Waals surface area (Å²) in [7, 11) is -2.02. The van der Waals surface area contributed by atoms with Crippen molar-refractivity contribution in [3.05, 3.63) is 80.8 Å². The predicted octanol–water partition coefficient (Wildman–Crippen LogP) is 8.87. The lowest BCUT2D eigenvalue weighted by molar-refractivity contribution is 0.874. The van der Waals surface area contributed by atoms with Gasteiger partial charge in [-0.25, -0.2) is 0 Å². The second kappa shape index (κ2) is 8.10. The summed E-state index contributed by atoms with van der Waals surface area (Å²) in [6, 6.07) is 20.2. The zero-order valence-corrected chi connectivity index (χ0v) is 20.4. The third-order valence-electron chi connectivity index (χ3n) is 7.16. The van der Waals surface area contributed by atoms with Crippen molar-refractivity contribution in [3.8, 4) is 0 Å². The minimum Gasteiger partial charge on any atom is -0.0885 e. The maximum Gasteiger partial charge on any atom is 0.0813 e. The van der Waals surface area contributed by atoms with Crippen LogP contribution < -0.4 is 0 Å². The lowest BCUT2D eigenvalue weighted by atomic mass is 10.1. The molecule has 0 saturated carbocycles. The Balaban J connectivity index is 1.99. The molecular formula is C26H30Cl2Si. The van der Waals surface area contributed by atoms with Gasteiger partial charge in [0.05, 0.1) is 8.07 Å². The van der Waals surface area contributed by atoms with E-state index in [1.54, 1.807) is 0 Å². The monoisotopic (exact) mass is 440 g/mol. The molecule has 0 spiro atoms. The summed E-state index contributed by atoms with van der Waals surface area (Å²) in [5.74, 6) is 0. The van der Waals surface area contributed by atoms with E-state index in [2.05, 4.69) is 76.2 Å². The first kappa shape index (κ1) is 21.0. The normalized spacial score (nSPS) is 21.0. The van der Waals surface area contributed by atoms with Crippen LogP contribution in [0.4, 0.5) is 0 Å². The summed E-state index contributed by atoms with van der Waals surface area (Å²) in [5.41, 5.74) is 8.75. The Kier molecular flexibility index (Phi) is 5.85. The van der Waals surface area contributed by atoms with Crippen molar-refractivity contribution in [1.82, 2.24) is 0 Å². The lowest BCUT2D eigenvalue weighted by Gasteiger charge is -2.44. The highest BCUT2D eigenvalue weighted by Crippen LogP contribution is 2.60. The third kappa shape index (κ3) is 3.09. The van der Waals surface area contributed by atoms with Crippen molar-refractivity contribution in [1.29, 1.82) is 0 Å². The van der Waals surface area contributed by atoms with Crippen molar-refractivity contribution < 1.29 is 0 Å². The molecule has 2 aromatic carbocycles. The van der Waals surface area contributed by atoms with Crippen molar-refractivity contribution in [2.24, 2.45) is 0 Å². The molecule has 2 unspecified atom stereocenters. The van der Waals surface area contributed by atoms with Crippen LogP contribution in [0.1, 0.15) is 73.9 Å². The molecule has 2 aromatic rings. The van der Waals surface area contributed by atoms with Crippen LogP contribution in [0, 0.1) is 0 Å². The maximum atomic E-state index is 7.19. The van der Waals surface area contributed by atoms with E-state index in [1.165, 1.54) is 58.3 Å². The van der Waals surface area contributed by atoms with Crippen LogP contribution in [0.5, 0.6) is 0 Å². The molecule has 0 heterocycles. The second-order valence-electron chi connectivity index (χ2n) is 8.72. The van der Waals surface area contributed by atoms with E-state index in [1.807, 2.05) is 0 Å². The fourth-order valence-corrected chi connectivity index (χ4v) is 14.6. The maximum absolute atomic E-state index is 7.19. The molecule has 152 valence electrons. The SMILES string of the molecule is CCC[Si](CCC)(C1C(Cl)=C(C)c2ccccc21)C1C(Cl)=C(C)c2ccccc21. The van der Waals surface area contributed by atoms with Crippen molar-refractivity contribution in [2.75, 3.05) is 0 Å². The summed E-state index contributed by atoms with van der Waals surface area (Å²) in [4.78, 5) is 0. The van der Waals surface area contributed by atoms with E-state index < -0.39 is 8.07 Å². The molecule has 0 saturated heterocycles. The zero-order chi connectivity index (χ0) is 20.8. The topological polar surface area (TPSA) is 0 Å². The van der Waals surface area contributed by atoms with Gasteiger partial charge in [-0.2, -0.15) is 0 Å². The molecule has 29 heavy (non-hydrogen) atoms. The third-order valence-corrected chi connectivity index (χ3v) is 14.9. The Labute approximate surface area is 186 Å². The molecule has 0 bridgehead atoms. The highest BCUT2D eigenvalue weighted by Gasteiger charge is 2.54. The number of halogens is 2. The van der Waals surface area contributed by atoms with E-state index in [9.17, 15) is 0 Å². The van der Waals surface area contributed by atoms with Crippen molar-refractivity contribution in [3.63, 3.8) is 0 Å². The molecule has 0 aliphatic heterocycles. The highest BCUT2D eigenvalue weighted by atomic mass is 35.5. The standard InChI is InChI=1S/C26H30Cl2Si/c1-5-15-29(16-6-2,25-21-13-9-7-11-19(21)17(3)23(25)27)26-22-14-10-8-12-20(22)18(4)24(26)28/h7-14,25-26H,5-6,15-16H2,1-4H3. The Bertz CT molecular complexity index is 920. The molecule has 0 nitrogen and oxygen atoms in total. The van der Waals surface area contributed by atoms with Gasteiger partial charge in [-0.05, 0) is 47.2 Å². The van der Waals surface area contributed by atoms with Gasteiger partial charge in [-0.15, -0.1) is 0 Å². The van der Waals surface area contributed by atoms with Crippen LogP contribution in [0.25, 0.3) is 11.1 Å². The second-order valence-corrected chi connectivity index (χ2v) is 14.2. The molecule has 0 radical (unpaired) electrons. The van der Waals surface area contributed by atoms with Crippen LogP contribution >= 0.6 is 23.2 Å². The smallest absolute Gasteiger partial charge is 0.0813 e. The molecule has 4 rings (SSSR count). The van der Waals surface area contributed by atoms with Crippen molar-refractivity contribution in [2.45, 2.75) is 63.7 Å². The summed E-state index contributed by atoms with van der Waals surface area (Å²) >= 11 is 14.4. The van der Waals surface area contributed by atoms with Crippen LogP contribution in [0.2, 0.25) is 12.1 Å². The Morgan fingerprint density at radius 1 is 0.690 bits per heavy atom. The quantitative estimate of drug-likeness (QED) is 0.393. The van der Waals surface area contributed by atoms with E-state index in [-0.39, 0.29) is 0 Å². The summed E-state index contributed by atoms with van der Waals surface area (Å²) < 4.78 is 0. The van der Waals surface area contributed by atoms with Gasteiger partial charge < -0.3 is 0 Å². The van der Waals surface area contributed by atoms with Gasteiger partial charge in [0.1, 0.15) is 0 Å². The van der Waals surface area contributed by atoms with Gasteiger partial charge in [0.25, 0.3) is 0 Å². The lowest BCUT2D eigenvalue weighted by Crippen LogP contribution is -2.47. The first-order valence-electron chi connectivity index (χ1n) is 10.9. The molecule has 0 aromatic heterocycles. The fourth-order valence-electron chi connectivity index (χ4n) is 6.07. The molecular weight excluding hydrogens is 411 g/mol. The van der Waals surface area contributed by atoms with Gasteiger partial charge in [0, 0.05) is 21.1 Å². The zero-order valence-electron chi connectivity index (χ0n) is 17.9. The number of rotatable bonds is 6. The minimum absolute atomic E-state index is 0.331. The summed E-state index contributed by atoms with van der Waals surface area (Å²) in [6.07, 6.45) is 2.35.